The second kappa shape index (κ2) is 7.12. The van der Waals surface area contributed by atoms with E-state index in [1.807, 2.05) is 30.3 Å². The number of ether oxygens (including phenoxy) is 2. The predicted octanol–water partition coefficient (Wildman–Crippen LogP) is 2.83. The second-order valence-corrected chi connectivity index (χ2v) is 7.73. The van der Waals surface area contributed by atoms with Gasteiger partial charge in [0.25, 0.3) is 0 Å². The van der Waals surface area contributed by atoms with Crippen molar-refractivity contribution in [3.8, 4) is 0 Å². The minimum Gasteiger partial charge on any atom is -0.457 e. The Bertz CT molecular complexity index is 1180. The third kappa shape index (κ3) is 2.77. The van der Waals surface area contributed by atoms with Gasteiger partial charge in [0.2, 0.25) is 11.8 Å². The number of hydrogen-bond donors (Lipinski definition) is 2. The zero-order valence-electron chi connectivity index (χ0n) is 16.6. The molecule has 7 heteroatoms. The molecule has 156 valence electrons. The number of carbonyl (C=O) groups is 3. The highest BCUT2D eigenvalue weighted by Gasteiger charge is 2.61. The Morgan fingerprint density at radius 2 is 1.81 bits per heavy atom. The first-order chi connectivity index (χ1) is 15.0. The highest BCUT2D eigenvalue weighted by Crippen LogP contribution is 2.54. The molecule has 7 nitrogen and oxygen atoms in total. The van der Waals surface area contributed by atoms with Gasteiger partial charge in [-0.25, -0.2) is 4.79 Å². The van der Waals surface area contributed by atoms with Crippen LogP contribution < -0.4 is 11.1 Å². The van der Waals surface area contributed by atoms with Gasteiger partial charge in [0.15, 0.2) is 5.78 Å². The molecule has 3 aliphatic rings. The van der Waals surface area contributed by atoms with Crippen LogP contribution in [0.15, 0.2) is 77.4 Å². The third-order valence-corrected chi connectivity index (χ3v) is 5.93. The summed E-state index contributed by atoms with van der Waals surface area (Å²) in [5.74, 6) is -1.39. The molecule has 5 rings (SSSR count). The van der Waals surface area contributed by atoms with E-state index < -0.39 is 17.3 Å². The highest BCUT2D eigenvalue weighted by atomic mass is 16.5. The minimum absolute atomic E-state index is 0.00432. The first kappa shape index (κ1) is 19.1. The van der Waals surface area contributed by atoms with Crippen LogP contribution in [-0.4, -0.2) is 17.7 Å². The quantitative estimate of drug-likeness (QED) is 0.745. The van der Waals surface area contributed by atoms with Gasteiger partial charge in [-0.2, -0.15) is 0 Å². The number of fused-ring (bicyclic) bond motifs is 3. The highest BCUT2D eigenvalue weighted by molar-refractivity contribution is 6.22. The summed E-state index contributed by atoms with van der Waals surface area (Å²) in [7, 11) is 0. The van der Waals surface area contributed by atoms with Gasteiger partial charge in [-0.05, 0) is 18.1 Å². The van der Waals surface area contributed by atoms with Crippen molar-refractivity contribution in [2.45, 2.75) is 31.3 Å². The maximum absolute atomic E-state index is 13.5. The van der Waals surface area contributed by atoms with Gasteiger partial charge in [-0.1, -0.05) is 48.5 Å². The fraction of sp³-hybridized carbons (Fsp3) is 0.208. The summed E-state index contributed by atoms with van der Waals surface area (Å²) < 4.78 is 11.3. The zero-order valence-corrected chi connectivity index (χ0v) is 16.6. The molecule has 3 N–H and O–H groups in total. The topological polar surface area (TPSA) is 108 Å². The van der Waals surface area contributed by atoms with Gasteiger partial charge in [0.05, 0.1) is 5.57 Å². The monoisotopic (exact) mass is 416 g/mol. The molecule has 0 aromatic heterocycles. The van der Waals surface area contributed by atoms with E-state index in [1.165, 1.54) is 0 Å². The van der Waals surface area contributed by atoms with Crippen LogP contribution in [0.25, 0.3) is 0 Å². The third-order valence-electron chi connectivity index (χ3n) is 5.93. The molecule has 0 unspecified atom stereocenters. The van der Waals surface area contributed by atoms with Crippen molar-refractivity contribution in [1.29, 1.82) is 0 Å². The Balaban J connectivity index is 1.66. The largest absolute Gasteiger partial charge is 0.457 e. The van der Waals surface area contributed by atoms with Crippen LogP contribution >= 0.6 is 0 Å². The number of esters is 1. The second-order valence-electron chi connectivity index (χ2n) is 7.73. The predicted molar refractivity (Wildman–Crippen MR) is 111 cm³/mol. The molecule has 2 aromatic carbocycles. The first-order valence-corrected chi connectivity index (χ1v) is 10.1. The van der Waals surface area contributed by atoms with E-state index in [4.69, 9.17) is 15.2 Å². The lowest BCUT2D eigenvalue weighted by molar-refractivity contribution is -0.142. The number of benzene rings is 2. The molecular formula is C24H20N2O5. The van der Waals surface area contributed by atoms with E-state index in [2.05, 4.69) is 5.32 Å². The van der Waals surface area contributed by atoms with Crippen LogP contribution in [-0.2, 0) is 35.9 Å². The lowest BCUT2D eigenvalue weighted by atomic mass is 9.65. The van der Waals surface area contributed by atoms with Crippen LogP contribution in [0.1, 0.15) is 30.4 Å². The fourth-order valence-corrected chi connectivity index (χ4v) is 4.63. The number of ketones is 1. The van der Waals surface area contributed by atoms with Gasteiger partial charge in [-0.3, -0.25) is 9.59 Å². The van der Waals surface area contributed by atoms with Crippen LogP contribution in [0, 0.1) is 0 Å². The maximum atomic E-state index is 13.5. The Labute approximate surface area is 178 Å². The fourth-order valence-electron chi connectivity index (χ4n) is 4.63. The molecule has 2 aromatic rings. The SMILES string of the molecule is NC1=C(C(=O)OCc2ccccc2)[C@]2(C(=O)Nc3ccccc32)C2=C(CCCC2=O)O1. The Morgan fingerprint density at radius 3 is 2.61 bits per heavy atom. The van der Waals surface area contributed by atoms with Crippen molar-refractivity contribution < 1.29 is 23.9 Å². The molecule has 1 spiro atoms. The van der Waals surface area contributed by atoms with E-state index in [0.717, 1.165) is 5.56 Å². The summed E-state index contributed by atoms with van der Waals surface area (Å²) in [5, 5.41) is 2.81. The number of rotatable bonds is 3. The number of nitrogens with one attached hydrogen (secondary N) is 1. The van der Waals surface area contributed by atoms with Crippen LogP contribution in [0.3, 0.4) is 0 Å². The summed E-state index contributed by atoms with van der Waals surface area (Å²) in [4.78, 5) is 39.9. The smallest absolute Gasteiger partial charge is 0.341 e. The zero-order chi connectivity index (χ0) is 21.6. The van der Waals surface area contributed by atoms with Crippen molar-refractivity contribution in [2.24, 2.45) is 5.73 Å². The number of allylic oxidation sites excluding steroid dienone is 1. The van der Waals surface area contributed by atoms with E-state index in [1.54, 1.807) is 24.3 Å². The molecule has 0 saturated carbocycles. The number of nitrogens with two attached hydrogens (primary N) is 1. The van der Waals surface area contributed by atoms with Crippen molar-refractivity contribution in [3.63, 3.8) is 0 Å². The van der Waals surface area contributed by atoms with Crippen molar-refractivity contribution in [3.05, 3.63) is 88.5 Å². The molecule has 2 heterocycles. The number of para-hydroxylation sites is 1. The molecule has 31 heavy (non-hydrogen) atoms. The molecule has 0 fully saturated rings. The van der Waals surface area contributed by atoms with Crippen molar-refractivity contribution in [1.82, 2.24) is 0 Å². The van der Waals surface area contributed by atoms with Gasteiger partial charge >= 0.3 is 5.97 Å². The molecule has 1 aliphatic carbocycles. The van der Waals surface area contributed by atoms with Gasteiger partial charge in [0, 0.05) is 24.1 Å². The lowest BCUT2D eigenvalue weighted by Crippen LogP contribution is -2.49. The molecule has 1 amide bonds. The number of anilines is 1. The van der Waals surface area contributed by atoms with E-state index in [-0.39, 0.29) is 35.8 Å². The molecule has 2 aliphatic heterocycles. The summed E-state index contributed by atoms with van der Waals surface area (Å²) in [6.45, 7) is -0.00432. The minimum atomic E-state index is -1.68. The summed E-state index contributed by atoms with van der Waals surface area (Å²) >= 11 is 0. The molecule has 0 bridgehead atoms. The number of hydrogen-bond acceptors (Lipinski definition) is 6. The number of Topliss-reactive ketones (excluding diaryl/α,β-unsaturated/α-hetero) is 1. The lowest BCUT2D eigenvalue weighted by Gasteiger charge is -2.38. The van der Waals surface area contributed by atoms with Crippen molar-refractivity contribution in [2.75, 3.05) is 5.32 Å². The maximum Gasteiger partial charge on any atom is 0.341 e. The van der Waals surface area contributed by atoms with Gasteiger partial charge in [0.1, 0.15) is 23.4 Å². The number of amides is 1. The van der Waals surface area contributed by atoms with Crippen LogP contribution in [0.5, 0.6) is 0 Å². The molecule has 0 radical (unpaired) electrons. The van der Waals surface area contributed by atoms with Crippen LogP contribution in [0.4, 0.5) is 5.69 Å². The summed E-state index contributed by atoms with van der Waals surface area (Å²) in [5.41, 5.74) is 6.37. The number of carbonyl (C=O) groups excluding carboxylic acids is 3. The molecule has 1 atom stereocenters. The van der Waals surface area contributed by atoms with Gasteiger partial charge < -0.3 is 20.5 Å². The summed E-state index contributed by atoms with van der Waals surface area (Å²) in [6, 6.07) is 16.2. The average Bonchev–Trinajstić information content (AvgIpc) is 3.05. The van der Waals surface area contributed by atoms with E-state index >= 15 is 0 Å². The van der Waals surface area contributed by atoms with Crippen molar-refractivity contribution >= 4 is 23.3 Å². The van der Waals surface area contributed by atoms with E-state index in [0.29, 0.717) is 29.9 Å². The Hall–Kier alpha value is -3.87. The van der Waals surface area contributed by atoms with Gasteiger partial charge in [-0.15, -0.1) is 0 Å². The average molecular weight is 416 g/mol. The molecule has 0 saturated heterocycles. The first-order valence-electron chi connectivity index (χ1n) is 10.1. The summed E-state index contributed by atoms with van der Waals surface area (Å²) in [6.07, 6.45) is 1.33. The normalized spacial score (nSPS) is 22.1. The Morgan fingerprint density at radius 1 is 1.06 bits per heavy atom. The standard InChI is InChI=1S/C24H20N2O5/c25-21-20(22(28)30-13-14-7-2-1-3-8-14)24(19-17(27)11-6-12-18(19)31-21)15-9-4-5-10-16(15)26-23(24)29/h1-5,7-10H,6,11-13,25H2,(H,26,29)/t24-/m1/s1. The van der Waals surface area contributed by atoms with E-state index in [9.17, 15) is 14.4 Å². The molecular weight excluding hydrogens is 396 g/mol. The van der Waals surface area contributed by atoms with Crippen LogP contribution in [0.2, 0.25) is 0 Å². The Kier molecular flexibility index (Phi) is 4.39.